The third-order valence-electron chi connectivity index (χ3n) is 5.93. The lowest BCUT2D eigenvalue weighted by atomic mass is 9.86. The molecule has 5 rings (SSSR count). The first-order valence-corrected chi connectivity index (χ1v) is 11.7. The first-order chi connectivity index (χ1) is 18.0. The number of hydrogen-bond acceptors (Lipinski definition) is 6. The molecule has 9 heteroatoms. The fourth-order valence-electron chi connectivity index (χ4n) is 4.37. The van der Waals surface area contributed by atoms with E-state index in [9.17, 15) is 18.4 Å². The highest BCUT2D eigenvalue weighted by atomic mass is 19.3. The normalized spacial score (nSPS) is 14.0. The Morgan fingerprint density at radius 1 is 1.05 bits per heavy atom. The van der Waals surface area contributed by atoms with Crippen LogP contribution >= 0.6 is 0 Å². The molecular formula is C28H22F2N2O5. The minimum Gasteiger partial charge on any atom is -0.465 e. The number of amides is 1. The number of para-hydroxylation sites is 1. The number of ether oxygens (including phenoxy) is 2. The van der Waals surface area contributed by atoms with Crippen molar-refractivity contribution in [1.82, 2.24) is 4.98 Å². The molecule has 2 aromatic heterocycles. The van der Waals surface area contributed by atoms with Crippen LogP contribution in [0, 0.1) is 0 Å². The van der Waals surface area contributed by atoms with Gasteiger partial charge in [-0.15, -0.1) is 0 Å². The maximum absolute atomic E-state index is 13.3. The summed E-state index contributed by atoms with van der Waals surface area (Å²) in [6, 6.07) is 16.4. The monoisotopic (exact) mass is 504 g/mol. The quantitative estimate of drug-likeness (QED) is 0.306. The number of furan rings is 1. The van der Waals surface area contributed by atoms with Gasteiger partial charge < -0.3 is 19.2 Å². The minimum atomic E-state index is -2.94. The Morgan fingerprint density at radius 3 is 2.62 bits per heavy atom. The number of benzene rings is 2. The molecule has 1 amide bonds. The molecule has 7 nitrogen and oxygen atoms in total. The van der Waals surface area contributed by atoms with Crippen LogP contribution < -0.4 is 10.1 Å². The van der Waals surface area contributed by atoms with Crippen molar-refractivity contribution in [2.45, 2.75) is 25.9 Å². The molecule has 2 aromatic carbocycles. The third-order valence-corrected chi connectivity index (χ3v) is 5.93. The van der Waals surface area contributed by atoms with Crippen molar-refractivity contribution in [3.05, 3.63) is 89.5 Å². The van der Waals surface area contributed by atoms with Gasteiger partial charge in [0.2, 0.25) is 0 Å². The molecule has 0 saturated heterocycles. The lowest BCUT2D eigenvalue weighted by Gasteiger charge is -2.22. The van der Waals surface area contributed by atoms with Crippen molar-refractivity contribution in [1.29, 1.82) is 0 Å². The van der Waals surface area contributed by atoms with Gasteiger partial charge in [0, 0.05) is 11.1 Å². The standard InChI is InChI=1S/C28H22F2N2O5/c29-28(30)37-19-12-10-18(11-13-19)31-24(33)16-36-27(34)25-21-7-1-2-9-23(21)32-26-17(5-3-8-22(25)26)15-20-6-4-14-35-20/h1-2,4,6-7,9-15,28H,3,5,8,16H2,(H,31,33)/b17-15-. The Bertz CT molecular complexity index is 1460. The van der Waals surface area contributed by atoms with E-state index in [0.29, 0.717) is 34.3 Å². The summed E-state index contributed by atoms with van der Waals surface area (Å²) in [5.41, 5.74) is 3.87. The molecule has 188 valence electrons. The van der Waals surface area contributed by atoms with Crippen LogP contribution in [0.3, 0.4) is 0 Å². The van der Waals surface area contributed by atoms with Crippen LogP contribution in [0.1, 0.15) is 40.2 Å². The van der Waals surface area contributed by atoms with E-state index >= 15 is 0 Å². The van der Waals surface area contributed by atoms with E-state index in [-0.39, 0.29) is 5.75 Å². The second kappa shape index (κ2) is 10.6. The lowest BCUT2D eigenvalue weighted by Crippen LogP contribution is -2.22. The van der Waals surface area contributed by atoms with Gasteiger partial charge in [0.1, 0.15) is 11.5 Å². The highest BCUT2D eigenvalue weighted by Gasteiger charge is 2.26. The molecule has 37 heavy (non-hydrogen) atoms. The molecule has 0 radical (unpaired) electrons. The second-order valence-corrected chi connectivity index (χ2v) is 8.40. The van der Waals surface area contributed by atoms with Crippen LogP contribution in [0.15, 0.2) is 71.3 Å². The number of alkyl halides is 2. The van der Waals surface area contributed by atoms with Crippen molar-refractivity contribution in [3.8, 4) is 5.75 Å². The number of fused-ring (bicyclic) bond motifs is 2. The molecule has 0 fully saturated rings. The van der Waals surface area contributed by atoms with Gasteiger partial charge >= 0.3 is 12.6 Å². The van der Waals surface area contributed by atoms with Gasteiger partial charge in [0.15, 0.2) is 6.61 Å². The Kier molecular flexibility index (Phi) is 6.93. The number of nitrogens with zero attached hydrogens (tertiary/aromatic N) is 1. The zero-order chi connectivity index (χ0) is 25.8. The Balaban J connectivity index is 1.37. The van der Waals surface area contributed by atoms with Crippen molar-refractivity contribution < 1.29 is 32.3 Å². The van der Waals surface area contributed by atoms with E-state index in [1.54, 1.807) is 6.26 Å². The van der Waals surface area contributed by atoms with E-state index in [1.807, 2.05) is 42.5 Å². The summed E-state index contributed by atoms with van der Waals surface area (Å²) in [6.07, 6.45) is 5.79. The van der Waals surface area contributed by atoms with Crippen molar-refractivity contribution in [2.24, 2.45) is 0 Å². The average molecular weight is 504 g/mol. The number of allylic oxidation sites excluding steroid dienone is 1. The van der Waals surface area contributed by atoms with E-state index < -0.39 is 25.1 Å². The molecule has 1 aliphatic carbocycles. The first kappa shape index (κ1) is 24.2. The van der Waals surface area contributed by atoms with Crippen molar-refractivity contribution in [3.63, 3.8) is 0 Å². The van der Waals surface area contributed by atoms with Crippen LogP contribution in [0.25, 0.3) is 22.6 Å². The van der Waals surface area contributed by atoms with Crippen LogP contribution in [0.5, 0.6) is 5.75 Å². The van der Waals surface area contributed by atoms with Gasteiger partial charge in [0.05, 0.1) is 23.0 Å². The lowest BCUT2D eigenvalue weighted by molar-refractivity contribution is -0.119. The predicted molar refractivity (Wildman–Crippen MR) is 133 cm³/mol. The highest BCUT2D eigenvalue weighted by Crippen LogP contribution is 2.36. The SMILES string of the molecule is O=C(COC(=O)c1c2c(nc3ccccc13)/C(=C\c1ccco1)CCC2)Nc1ccc(OC(F)F)cc1. The molecule has 0 spiro atoms. The molecule has 0 unspecified atom stereocenters. The number of anilines is 1. The van der Waals surface area contributed by atoms with Crippen molar-refractivity contribution >= 4 is 40.1 Å². The van der Waals surface area contributed by atoms with Crippen molar-refractivity contribution in [2.75, 3.05) is 11.9 Å². The van der Waals surface area contributed by atoms with Gasteiger partial charge in [0.25, 0.3) is 5.91 Å². The number of halogens is 2. The van der Waals surface area contributed by atoms with Crippen LogP contribution in [-0.2, 0) is 16.0 Å². The summed E-state index contributed by atoms with van der Waals surface area (Å²) >= 11 is 0. The predicted octanol–water partition coefficient (Wildman–Crippen LogP) is 6.10. The zero-order valence-electron chi connectivity index (χ0n) is 19.6. The van der Waals surface area contributed by atoms with Gasteiger partial charge in [-0.25, -0.2) is 9.78 Å². The fourth-order valence-corrected chi connectivity index (χ4v) is 4.37. The molecule has 0 aliphatic heterocycles. The number of aromatic nitrogens is 1. The fraction of sp³-hybridized carbons (Fsp3) is 0.179. The first-order valence-electron chi connectivity index (χ1n) is 11.7. The summed E-state index contributed by atoms with van der Waals surface area (Å²) in [5.74, 6) is -0.520. The number of esters is 1. The van der Waals surface area contributed by atoms with Crippen LogP contribution in [-0.4, -0.2) is 30.1 Å². The molecule has 0 atom stereocenters. The van der Waals surface area contributed by atoms with Gasteiger partial charge in [-0.05, 0) is 78.9 Å². The zero-order valence-corrected chi connectivity index (χ0v) is 19.6. The smallest absolute Gasteiger partial charge is 0.387 e. The number of carbonyl (C=O) groups excluding carboxylic acids is 2. The largest absolute Gasteiger partial charge is 0.465 e. The minimum absolute atomic E-state index is 0.0331. The summed E-state index contributed by atoms with van der Waals surface area (Å²) < 4.78 is 39.8. The van der Waals surface area contributed by atoms with Crippen LogP contribution in [0.2, 0.25) is 0 Å². The van der Waals surface area contributed by atoms with E-state index in [4.69, 9.17) is 14.1 Å². The topological polar surface area (TPSA) is 90.7 Å². The average Bonchev–Trinajstić information content (AvgIpc) is 3.40. The summed E-state index contributed by atoms with van der Waals surface area (Å²) in [5, 5.41) is 3.22. The molecule has 0 bridgehead atoms. The van der Waals surface area contributed by atoms with Gasteiger partial charge in [-0.2, -0.15) is 8.78 Å². The van der Waals surface area contributed by atoms with Crippen LogP contribution in [0.4, 0.5) is 14.5 Å². The number of carbonyl (C=O) groups is 2. The van der Waals surface area contributed by atoms with E-state index in [1.165, 1.54) is 24.3 Å². The molecule has 1 N–H and O–H groups in total. The Labute approximate surface area is 210 Å². The number of hydrogen-bond donors (Lipinski definition) is 1. The maximum atomic E-state index is 13.3. The highest BCUT2D eigenvalue weighted by molar-refractivity contribution is 6.07. The Morgan fingerprint density at radius 2 is 1.86 bits per heavy atom. The third kappa shape index (κ3) is 5.50. The molecular weight excluding hydrogens is 482 g/mol. The summed E-state index contributed by atoms with van der Waals surface area (Å²) in [7, 11) is 0. The van der Waals surface area contributed by atoms with E-state index in [2.05, 4.69) is 10.1 Å². The number of rotatable bonds is 7. The number of pyridine rings is 1. The van der Waals surface area contributed by atoms with Gasteiger partial charge in [-0.1, -0.05) is 18.2 Å². The van der Waals surface area contributed by atoms with E-state index in [0.717, 1.165) is 29.7 Å². The van der Waals surface area contributed by atoms with Gasteiger partial charge in [-0.3, -0.25) is 4.79 Å². The summed E-state index contributed by atoms with van der Waals surface area (Å²) in [6.45, 7) is -3.46. The molecule has 1 aliphatic rings. The second-order valence-electron chi connectivity index (χ2n) is 8.40. The molecule has 2 heterocycles. The molecule has 4 aromatic rings. The Hall–Kier alpha value is -4.53. The maximum Gasteiger partial charge on any atom is 0.387 e. The number of nitrogens with one attached hydrogen (secondary N) is 1. The molecule has 0 saturated carbocycles. The summed E-state index contributed by atoms with van der Waals surface area (Å²) in [4.78, 5) is 30.6.